The molecule has 1 aliphatic heterocycles. The Morgan fingerprint density at radius 3 is 3.15 bits per heavy atom. The Morgan fingerprint density at radius 2 is 2.35 bits per heavy atom. The summed E-state index contributed by atoms with van der Waals surface area (Å²) in [7, 11) is 0. The number of aromatic amines is 1. The van der Waals surface area contributed by atoms with Crippen molar-refractivity contribution in [1.82, 2.24) is 25.9 Å². The summed E-state index contributed by atoms with van der Waals surface area (Å²) in [4.78, 5) is 13.3. The summed E-state index contributed by atoms with van der Waals surface area (Å²) in [5, 5.41) is 16.6. The van der Waals surface area contributed by atoms with Crippen LogP contribution in [0.3, 0.4) is 0 Å². The second-order valence-electron chi connectivity index (χ2n) is 4.64. The molecular formula is C13H15N5OS. The summed E-state index contributed by atoms with van der Waals surface area (Å²) in [6.45, 7) is 0.640. The number of nitrogens with one attached hydrogen (secondary N) is 2. The third-order valence-corrected chi connectivity index (χ3v) is 4.52. The summed E-state index contributed by atoms with van der Waals surface area (Å²) in [5.74, 6) is 0.793. The molecule has 0 saturated carbocycles. The molecule has 0 spiro atoms. The van der Waals surface area contributed by atoms with Gasteiger partial charge in [0.25, 0.3) is 0 Å². The number of benzene rings is 1. The van der Waals surface area contributed by atoms with Crippen LogP contribution in [0.15, 0.2) is 29.2 Å². The summed E-state index contributed by atoms with van der Waals surface area (Å²) in [6, 6.07) is 8.19. The van der Waals surface area contributed by atoms with Gasteiger partial charge in [-0.3, -0.25) is 4.79 Å². The maximum atomic E-state index is 12.1. The molecule has 104 valence electrons. The lowest BCUT2D eigenvalue weighted by atomic mass is 10.1. The first kappa shape index (κ1) is 13.1. The first-order valence-corrected chi connectivity index (χ1v) is 7.45. The van der Waals surface area contributed by atoms with Gasteiger partial charge < -0.3 is 5.32 Å². The van der Waals surface area contributed by atoms with E-state index in [9.17, 15) is 4.79 Å². The van der Waals surface area contributed by atoms with Gasteiger partial charge in [0.1, 0.15) is 0 Å². The predicted molar refractivity (Wildman–Crippen MR) is 75.3 cm³/mol. The van der Waals surface area contributed by atoms with Crippen LogP contribution in [0.2, 0.25) is 0 Å². The molecule has 1 atom stereocenters. The maximum absolute atomic E-state index is 12.1. The maximum Gasteiger partial charge on any atom is 0.233 e. The van der Waals surface area contributed by atoms with Gasteiger partial charge in [0, 0.05) is 17.9 Å². The highest BCUT2D eigenvalue weighted by Gasteiger charge is 2.27. The molecule has 20 heavy (non-hydrogen) atoms. The van der Waals surface area contributed by atoms with Crippen molar-refractivity contribution in [3.05, 3.63) is 35.7 Å². The summed E-state index contributed by atoms with van der Waals surface area (Å²) in [6.07, 6.45) is 2.35. The van der Waals surface area contributed by atoms with Gasteiger partial charge in [-0.15, -0.1) is 22.0 Å². The standard InChI is InChI=1S/C13H15N5OS/c19-13(14-7-3-6-12-15-17-18-16-12)11-8-9-4-1-2-5-10(9)20-11/h1-2,4-5,11H,3,6-8H2,(H,14,19)(H,15,16,17,18)/t11-/m1/s1. The molecule has 0 unspecified atom stereocenters. The molecule has 0 fully saturated rings. The summed E-state index contributed by atoms with van der Waals surface area (Å²) < 4.78 is 0. The minimum Gasteiger partial charge on any atom is -0.355 e. The number of thioether (sulfide) groups is 1. The van der Waals surface area contributed by atoms with E-state index in [1.165, 1.54) is 10.5 Å². The molecular weight excluding hydrogens is 274 g/mol. The number of carbonyl (C=O) groups excluding carboxylic acids is 1. The van der Waals surface area contributed by atoms with E-state index in [4.69, 9.17) is 0 Å². The van der Waals surface area contributed by atoms with Crippen LogP contribution in [0.25, 0.3) is 0 Å². The highest BCUT2D eigenvalue weighted by atomic mass is 32.2. The Labute approximate surface area is 120 Å². The Morgan fingerprint density at radius 1 is 1.45 bits per heavy atom. The quantitative estimate of drug-likeness (QED) is 0.801. The SMILES string of the molecule is O=C(NCCCc1nn[nH]n1)[C@H]1Cc2ccccc2S1. The lowest BCUT2D eigenvalue weighted by molar-refractivity contribution is -0.120. The van der Waals surface area contributed by atoms with Crippen LogP contribution in [0.4, 0.5) is 0 Å². The van der Waals surface area contributed by atoms with Crippen LogP contribution in [-0.2, 0) is 17.6 Å². The van der Waals surface area contributed by atoms with Crippen molar-refractivity contribution in [2.45, 2.75) is 29.4 Å². The fraction of sp³-hybridized carbons (Fsp3) is 0.385. The molecule has 2 aromatic rings. The minimum absolute atomic E-state index is 0.00225. The number of amides is 1. The first-order chi connectivity index (χ1) is 9.83. The average Bonchev–Trinajstić information content (AvgIpc) is 3.12. The number of hydrogen-bond acceptors (Lipinski definition) is 5. The van der Waals surface area contributed by atoms with Gasteiger partial charge in [0.2, 0.25) is 5.91 Å². The monoisotopic (exact) mass is 289 g/mol. The molecule has 0 aliphatic carbocycles. The van der Waals surface area contributed by atoms with Crippen LogP contribution in [-0.4, -0.2) is 38.3 Å². The van der Waals surface area contributed by atoms with Crippen molar-refractivity contribution in [1.29, 1.82) is 0 Å². The minimum atomic E-state index is -0.00225. The van der Waals surface area contributed by atoms with Gasteiger partial charge in [-0.1, -0.05) is 23.4 Å². The number of aromatic nitrogens is 4. The molecule has 0 bridgehead atoms. The van der Waals surface area contributed by atoms with Gasteiger partial charge in [-0.25, -0.2) is 0 Å². The molecule has 3 rings (SSSR count). The largest absolute Gasteiger partial charge is 0.355 e. The molecule has 0 saturated heterocycles. The van der Waals surface area contributed by atoms with E-state index in [2.05, 4.69) is 38.1 Å². The fourth-order valence-electron chi connectivity index (χ4n) is 2.19. The van der Waals surface area contributed by atoms with E-state index in [-0.39, 0.29) is 11.2 Å². The number of aryl methyl sites for hydroxylation is 1. The van der Waals surface area contributed by atoms with Crippen molar-refractivity contribution >= 4 is 17.7 Å². The second-order valence-corrected chi connectivity index (χ2v) is 5.89. The van der Waals surface area contributed by atoms with Crippen molar-refractivity contribution in [2.24, 2.45) is 0 Å². The zero-order chi connectivity index (χ0) is 13.8. The van der Waals surface area contributed by atoms with Crippen molar-refractivity contribution in [3.63, 3.8) is 0 Å². The zero-order valence-corrected chi connectivity index (χ0v) is 11.7. The zero-order valence-electron chi connectivity index (χ0n) is 10.9. The van der Waals surface area contributed by atoms with Crippen molar-refractivity contribution < 1.29 is 4.79 Å². The smallest absolute Gasteiger partial charge is 0.233 e. The average molecular weight is 289 g/mol. The van der Waals surface area contributed by atoms with E-state index in [0.29, 0.717) is 12.4 Å². The highest BCUT2D eigenvalue weighted by molar-refractivity contribution is 8.01. The van der Waals surface area contributed by atoms with Crippen LogP contribution >= 0.6 is 11.8 Å². The normalized spacial score (nSPS) is 16.9. The van der Waals surface area contributed by atoms with E-state index >= 15 is 0 Å². The van der Waals surface area contributed by atoms with Crippen LogP contribution in [0.5, 0.6) is 0 Å². The number of fused-ring (bicyclic) bond motifs is 1. The van der Waals surface area contributed by atoms with Gasteiger partial charge in [-0.05, 0) is 24.5 Å². The van der Waals surface area contributed by atoms with Crippen molar-refractivity contribution in [3.8, 4) is 0 Å². The predicted octanol–water partition coefficient (Wildman–Crippen LogP) is 0.966. The molecule has 1 amide bonds. The van der Waals surface area contributed by atoms with E-state index in [0.717, 1.165) is 19.3 Å². The number of carbonyl (C=O) groups is 1. The van der Waals surface area contributed by atoms with E-state index in [1.807, 2.05) is 12.1 Å². The molecule has 2 N–H and O–H groups in total. The third kappa shape index (κ3) is 2.98. The number of nitrogens with zero attached hydrogens (tertiary/aromatic N) is 3. The molecule has 0 radical (unpaired) electrons. The van der Waals surface area contributed by atoms with Gasteiger partial charge in [-0.2, -0.15) is 5.21 Å². The third-order valence-electron chi connectivity index (χ3n) is 3.21. The lowest BCUT2D eigenvalue weighted by Crippen LogP contribution is -2.33. The van der Waals surface area contributed by atoms with Crippen molar-refractivity contribution in [2.75, 3.05) is 6.54 Å². The Bertz CT molecular complexity index is 561. The number of H-pyrrole nitrogens is 1. The Hall–Kier alpha value is -1.89. The molecule has 1 aromatic heterocycles. The first-order valence-electron chi connectivity index (χ1n) is 6.57. The molecule has 1 aromatic carbocycles. The van der Waals surface area contributed by atoms with Gasteiger partial charge >= 0.3 is 0 Å². The summed E-state index contributed by atoms with van der Waals surface area (Å²) >= 11 is 1.65. The van der Waals surface area contributed by atoms with E-state index in [1.54, 1.807) is 11.8 Å². The second kappa shape index (κ2) is 6.04. The number of hydrogen-bond donors (Lipinski definition) is 2. The molecule has 6 nitrogen and oxygen atoms in total. The van der Waals surface area contributed by atoms with Gasteiger partial charge in [0.05, 0.1) is 5.25 Å². The Balaban J connectivity index is 1.42. The highest BCUT2D eigenvalue weighted by Crippen LogP contribution is 2.36. The van der Waals surface area contributed by atoms with Crippen LogP contribution in [0, 0.1) is 0 Å². The molecule has 7 heteroatoms. The van der Waals surface area contributed by atoms with Gasteiger partial charge in [0.15, 0.2) is 5.82 Å². The van der Waals surface area contributed by atoms with Crippen LogP contribution < -0.4 is 5.32 Å². The molecule has 2 heterocycles. The number of tetrazole rings is 1. The Kier molecular flexibility index (Phi) is 3.96. The van der Waals surface area contributed by atoms with Crippen LogP contribution in [0.1, 0.15) is 17.8 Å². The molecule has 1 aliphatic rings. The van der Waals surface area contributed by atoms with E-state index < -0.39 is 0 Å². The fourth-order valence-corrected chi connectivity index (χ4v) is 3.41. The topological polar surface area (TPSA) is 83.6 Å². The number of rotatable bonds is 5. The summed E-state index contributed by atoms with van der Waals surface area (Å²) in [5.41, 5.74) is 1.27. The lowest BCUT2D eigenvalue weighted by Gasteiger charge is -2.09.